The maximum Gasteiger partial charge on any atom is 0.183 e. The van der Waals surface area contributed by atoms with Gasteiger partial charge in [0.1, 0.15) is 12.1 Å². The highest BCUT2D eigenvalue weighted by molar-refractivity contribution is 5.15. The number of rotatable bonds is 4. The van der Waals surface area contributed by atoms with Crippen molar-refractivity contribution in [3.63, 3.8) is 0 Å². The molecular weight excluding hydrogens is 294 g/mol. The summed E-state index contributed by atoms with van der Waals surface area (Å²) >= 11 is 0. The van der Waals surface area contributed by atoms with Gasteiger partial charge >= 0.3 is 0 Å². The highest BCUT2D eigenvalue weighted by atomic mass is 16.7. The summed E-state index contributed by atoms with van der Waals surface area (Å²) in [5.74, 6) is 0. The highest BCUT2D eigenvalue weighted by Crippen LogP contribution is 2.35. The predicted molar refractivity (Wildman–Crippen MR) is 83.7 cm³/mol. The topological polar surface area (TPSA) is 68.5 Å². The molecule has 2 aliphatic rings. The molecule has 2 bridgehead atoms. The molecule has 1 aromatic carbocycles. The van der Waals surface area contributed by atoms with Gasteiger partial charge in [-0.25, -0.2) is 0 Å². The molecule has 2 fully saturated rings. The van der Waals surface area contributed by atoms with Crippen molar-refractivity contribution < 1.29 is 14.6 Å². The first-order valence-corrected chi connectivity index (χ1v) is 7.95. The van der Waals surface area contributed by atoms with Crippen LogP contribution in [0.15, 0.2) is 42.7 Å². The van der Waals surface area contributed by atoms with Crippen LogP contribution >= 0.6 is 0 Å². The summed E-state index contributed by atoms with van der Waals surface area (Å²) in [4.78, 5) is 0. The number of aromatic nitrogens is 2. The fourth-order valence-corrected chi connectivity index (χ4v) is 3.36. The summed E-state index contributed by atoms with van der Waals surface area (Å²) in [7, 11) is 0. The van der Waals surface area contributed by atoms with E-state index in [-0.39, 0.29) is 18.2 Å². The lowest BCUT2D eigenvalue weighted by atomic mass is 9.96. The van der Waals surface area contributed by atoms with Crippen LogP contribution in [-0.4, -0.2) is 46.0 Å². The number of aliphatic hydroxyl groups excluding tert-OH is 1. The molecule has 3 heterocycles. The third kappa shape index (κ3) is 2.79. The van der Waals surface area contributed by atoms with E-state index in [9.17, 15) is 5.11 Å². The lowest BCUT2D eigenvalue weighted by Gasteiger charge is -2.38. The Labute approximate surface area is 135 Å². The van der Waals surface area contributed by atoms with Crippen molar-refractivity contribution in [2.75, 3.05) is 6.61 Å². The van der Waals surface area contributed by atoms with Crippen LogP contribution in [0.5, 0.6) is 0 Å². The minimum Gasteiger partial charge on any atom is -0.389 e. The number of nitrogens with zero attached hydrogens (tertiary/aromatic N) is 2. The Balaban J connectivity index is 1.52. The van der Waals surface area contributed by atoms with Gasteiger partial charge in [0.15, 0.2) is 6.29 Å². The van der Waals surface area contributed by atoms with Crippen LogP contribution in [0, 0.1) is 6.92 Å². The minimum atomic E-state index is -0.621. The first kappa shape index (κ1) is 14.8. The fraction of sp³-hybridized carbons (Fsp3) is 0.471. The van der Waals surface area contributed by atoms with E-state index in [1.54, 1.807) is 10.9 Å². The molecule has 6 heteroatoms. The number of ether oxygens (including phenoxy) is 2. The standard InChI is InChI=1S/C17H21N3O3/c1-11-7-19-20(9-11)15-16(21)14(13-10-22-17(15)23-13)18-8-12-5-3-2-4-6-12/h2-7,9,13-18,21H,8,10H2,1H3. The van der Waals surface area contributed by atoms with Crippen LogP contribution in [-0.2, 0) is 16.0 Å². The molecule has 0 aliphatic carbocycles. The van der Waals surface area contributed by atoms with Crippen molar-refractivity contribution in [2.45, 2.75) is 44.1 Å². The maximum atomic E-state index is 10.9. The zero-order valence-corrected chi connectivity index (χ0v) is 13.0. The molecule has 0 saturated carbocycles. The van der Waals surface area contributed by atoms with E-state index in [0.717, 1.165) is 5.56 Å². The Hall–Kier alpha value is -1.73. The number of aryl methyl sites for hydroxylation is 1. The van der Waals surface area contributed by atoms with E-state index in [4.69, 9.17) is 9.47 Å². The van der Waals surface area contributed by atoms with Gasteiger partial charge in [0.25, 0.3) is 0 Å². The molecule has 5 atom stereocenters. The molecule has 0 radical (unpaired) electrons. The second kappa shape index (κ2) is 6.05. The van der Waals surface area contributed by atoms with Gasteiger partial charge in [-0.1, -0.05) is 30.3 Å². The van der Waals surface area contributed by atoms with E-state index >= 15 is 0 Å². The third-order valence-corrected chi connectivity index (χ3v) is 4.55. The smallest absolute Gasteiger partial charge is 0.183 e. The Morgan fingerprint density at radius 2 is 2.17 bits per heavy atom. The first-order valence-electron chi connectivity index (χ1n) is 7.95. The van der Waals surface area contributed by atoms with Crippen molar-refractivity contribution in [1.82, 2.24) is 15.1 Å². The number of fused-ring (bicyclic) bond motifs is 2. The zero-order valence-electron chi connectivity index (χ0n) is 13.0. The molecule has 1 aromatic heterocycles. The van der Waals surface area contributed by atoms with Crippen LogP contribution < -0.4 is 5.32 Å². The van der Waals surface area contributed by atoms with Gasteiger partial charge in [0.2, 0.25) is 0 Å². The molecule has 6 nitrogen and oxygen atoms in total. The molecule has 23 heavy (non-hydrogen) atoms. The van der Waals surface area contributed by atoms with Crippen LogP contribution in [0.2, 0.25) is 0 Å². The van der Waals surface area contributed by atoms with Gasteiger partial charge in [0, 0.05) is 12.7 Å². The Morgan fingerprint density at radius 1 is 1.35 bits per heavy atom. The summed E-state index contributed by atoms with van der Waals surface area (Å²) in [6.45, 7) is 3.14. The monoisotopic (exact) mass is 315 g/mol. The molecule has 122 valence electrons. The second-order valence-corrected chi connectivity index (χ2v) is 6.25. The van der Waals surface area contributed by atoms with E-state index in [2.05, 4.69) is 22.5 Å². The molecule has 2 aromatic rings. The van der Waals surface area contributed by atoms with Gasteiger partial charge in [-0.3, -0.25) is 4.68 Å². The zero-order chi connectivity index (χ0) is 15.8. The Kier molecular flexibility index (Phi) is 3.90. The predicted octanol–water partition coefficient (Wildman–Crippen LogP) is 1.01. The van der Waals surface area contributed by atoms with E-state index in [0.29, 0.717) is 13.2 Å². The van der Waals surface area contributed by atoms with E-state index < -0.39 is 12.4 Å². The van der Waals surface area contributed by atoms with Gasteiger partial charge in [-0.05, 0) is 18.1 Å². The summed E-state index contributed by atoms with van der Waals surface area (Å²) in [6.07, 6.45) is 2.49. The van der Waals surface area contributed by atoms with Crippen molar-refractivity contribution in [1.29, 1.82) is 0 Å². The molecule has 2 N–H and O–H groups in total. The van der Waals surface area contributed by atoms with E-state index in [1.165, 1.54) is 5.56 Å². The number of hydrogen-bond acceptors (Lipinski definition) is 5. The lowest BCUT2D eigenvalue weighted by Crippen LogP contribution is -2.57. The Bertz CT molecular complexity index is 660. The number of hydrogen-bond donors (Lipinski definition) is 2. The maximum absolute atomic E-state index is 10.9. The normalized spacial score (nSPS) is 33.0. The highest BCUT2D eigenvalue weighted by Gasteiger charge is 2.51. The average Bonchev–Trinajstić information content (AvgIpc) is 3.17. The molecule has 5 unspecified atom stereocenters. The quantitative estimate of drug-likeness (QED) is 0.881. The number of aliphatic hydroxyl groups is 1. The van der Waals surface area contributed by atoms with Gasteiger partial charge in [-0.15, -0.1) is 0 Å². The minimum absolute atomic E-state index is 0.133. The molecular formula is C17H21N3O3. The first-order chi connectivity index (χ1) is 11.2. The lowest BCUT2D eigenvalue weighted by molar-refractivity contribution is -0.168. The van der Waals surface area contributed by atoms with Crippen LogP contribution in [0.1, 0.15) is 17.2 Å². The van der Waals surface area contributed by atoms with Gasteiger partial charge in [-0.2, -0.15) is 5.10 Å². The van der Waals surface area contributed by atoms with Gasteiger partial charge in [0.05, 0.1) is 24.9 Å². The average molecular weight is 315 g/mol. The van der Waals surface area contributed by atoms with Crippen molar-refractivity contribution >= 4 is 0 Å². The van der Waals surface area contributed by atoms with Crippen LogP contribution in [0.3, 0.4) is 0 Å². The van der Waals surface area contributed by atoms with Crippen LogP contribution in [0.25, 0.3) is 0 Å². The van der Waals surface area contributed by atoms with E-state index in [1.807, 2.05) is 31.3 Å². The number of benzene rings is 1. The van der Waals surface area contributed by atoms with Crippen molar-refractivity contribution in [2.24, 2.45) is 0 Å². The number of nitrogens with one attached hydrogen (secondary N) is 1. The van der Waals surface area contributed by atoms with Gasteiger partial charge < -0.3 is 19.9 Å². The molecule has 2 aliphatic heterocycles. The summed E-state index contributed by atoms with van der Waals surface area (Å²) in [6, 6.07) is 9.60. The largest absolute Gasteiger partial charge is 0.389 e. The fourth-order valence-electron chi connectivity index (χ4n) is 3.36. The Morgan fingerprint density at radius 3 is 2.91 bits per heavy atom. The SMILES string of the molecule is Cc1cnn(C2C3OCC(O3)C(NCc3ccccc3)C2O)c1. The molecule has 2 saturated heterocycles. The molecule has 0 spiro atoms. The summed E-state index contributed by atoms with van der Waals surface area (Å²) < 4.78 is 13.4. The second-order valence-electron chi connectivity index (χ2n) is 6.25. The summed E-state index contributed by atoms with van der Waals surface area (Å²) in [5.41, 5.74) is 2.22. The third-order valence-electron chi connectivity index (χ3n) is 4.55. The molecule has 0 amide bonds. The van der Waals surface area contributed by atoms with Crippen molar-refractivity contribution in [3.8, 4) is 0 Å². The van der Waals surface area contributed by atoms with Crippen LogP contribution in [0.4, 0.5) is 0 Å². The molecule has 4 rings (SSSR count). The van der Waals surface area contributed by atoms with Crippen molar-refractivity contribution in [3.05, 3.63) is 53.9 Å². The summed E-state index contributed by atoms with van der Waals surface area (Å²) in [5, 5.41) is 18.6.